The van der Waals surface area contributed by atoms with E-state index in [1.165, 1.54) is 0 Å². The minimum absolute atomic E-state index is 0.0201. The number of ether oxygens (including phenoxy) is 2. The van der Waals surface area contributed by atoms with Crippen molar-refractivity contribution in [3.05, 3.63) is 28.8 Å². The number of esters is 1. The van der Waals surface area contributed by atoms with Gasteiger partial charge in [-0.25, -0.2) is 0 Å². The summed E-state index contributed by atoms with van der Waals surface area (Å²) >= 11 is 0. The highest BCUT2D eigenvalue weighted by Crippen LogP contribution is 2.29. The Bertz CT molecular complexity index is 547. The van der Waals surface area contributed by atoms with Gasteiger partial charge in [0.1, 0.15) is 5.75 Å². The van der Waals surface area contributed by atoms with Gasteiger partial charge in [-0.05, 0) is 49.4 Å². The summed E-state index contributed by atoms with van der Waals surface area (Å²) in [6.07, 6.45) is 1.09. The Morgan fingerprint density at radius 1 is 1.13 bits per heavy atom. The Balaban J connectivity index is 2.90. The molecule has 0 amide bonds. The molecular formula is C19H28O4. The fourth-order valence-corrected chi connectivity index (χ4v) is 2.37. The van der Waals surface area contributed by atoms with Crippen molar-refractivity contribution in [3.63, 3.8) is 0 Å². The largest absolute Gasteiger partial charge is 0.494 e. The second-order valence-electron chi connectivity index (χ2n) is 5.94. The molecule has 0 fully saturated rings. The van der Waals surface area contributed by atoms with E-state index in [2.05, 4.69) is 0 Å². The quantitative estimate of drug-likeness (QED) is 0.499. The maximum Gasteiger partial charge on any atom is 0.306 e. The van der Waals surface area contributed by atoms with E-state index in [1.807, 2.05) is 46.8 Å². The van der Waals surface area contributed by atoms with Gasteiger partial charge in [0.2, 0.25) is 0 Å². The van der Waals surface area contributed by atoms with Gasteiger partial charge in [-0.15, -0.1) is 0 Å². The molecule has 0 aromatic heterocycles. The average Bonchev–Trinajstić information content (AvgIpc) is 2.52. The highest BCUT2D eigenvalue weighted by molar-refractivity contribution is 5.99. The van der Waals surface area contributed by atoms with E-state index in [4.69, 9.17) is 9.47 Å². The number of hydrogen-bond acceptors (Lipinski definition) is 4. The van der Waals surface area contributed by atoms with Crippen molar-refractivity contribution in [2.24, 2.45) is 0 Å². The molecule has 1 aromatic carbocycles. The first-order valence-corrected chi connectivity index (χ1v) is 8.36. The summed E-state index contributed by atoms with van der Waals surface area (Å²) in [7, 11) is 0. The topological polar surface area (TPSA) is 52.6 Å². The van der Waals surface area contributed by atoms with Crippen LogP contribution in [0.2, 0.25) is 0 Å². The third kappa shape index (κ3) is 5.70. The molecule has 0 bridgehead atoms. The van der Waals surface area contributed by atoms with E-state index >= 15 is 0 Å². The van der Waals surface area contributed by atoms with Crippen LogP contribution in [0.15, 0.2) is 12.1 Å². The first-order chi connectivity index (χ1) is 10.9. The number of carbonyl (C=O) groups is 2. The van der Waals surface area contributed by atoms with Crippen LogP contribution in [0.5, 0.6) is 5.75 Å². The van der Waals surface area contributed by atoms with Crippen LogP contribution in [-0.4, -0.2) is 25.0 Å². The van der Waals surface area contributed by atoms with Crippen molar-refractivity contribution in [2.45, 2.75) is 59.8 Å². The minimum Gasteiger partial charge on any atom is -0.494 e. The summed E-state index contributed by atoms with van der Waals surface area (Å²) in [6.45, 7) is 10.9. The number of rotatable bonds is 9. The Morgan fingerprint density at radius 2 is 1.83 bits per heavy atom. The lowest BCUT2D eigenvalue weighted by Crippen LogP contribution is -2.11. The molecule has 0 saturated heterocycles. The Kier molecular flexibility index (Phi) is 7.79. The van der Waals surface area contributed by atoms with Gasteiger partial charge in [-0.2, -0.15) is 0 Å². The number of aryl methyl sites for hydroxylation is 1. The van der Waals surface area contributed by atoms with Crippen LogP contribution < -0.4 is 4.74 Å². The van der Waals surface area contributed by atoms with Crippen LogP contribution in [-0.2, 0) is 9.53 Å². The molecule has 0 aliphatic rings. The van der Waals surface area contributed by atoms with E-state index in [9.17, 15) is 9.59 Å². The molecule has 0 atom stereocenters. The Morgan fingerprint density at radius 3 is 2.39 bits per heavy atom. The maximum absolute atomic E-state index is 12.5. The fourth-order valence-electron chi connectivity index (χ4n) is 2.37. The first kappa shape index (κ1) is 19.2. The van der Waals surface area contributed by atoms with E-state index in [0.29, 0.717) is 18.8 Å². The van der Waals surface area contributed by atoms with Crippen LogP contribution in [0.3, 0.4) is 0 Å². The molecule has 0 unspecified atom stereocenters. The minimum atomic E-state index is -0.311. The summed E-state index contributed by atoms with van der Waals surface area (Å²) in [5.74, 6) is 0.693. The number of carbonyl (C=O) groups excluding carboxylic acids is 2. The molecule has 0 heterocycles. The molecule has 23 heavy (non-hydrogen) atoms. The van der Waals surface area contributed by atoms with Gasteiger partial charge in [0.25, 0.3) is 0 Å². The van der Waals surface area contributed by atoms with Crippen molar-refractivity contribution in [1.29, 1.82) is 0 Å². The molecule has 0 aliphatic carbocycles. The van der Waals surface area contributed by atoms with Crippen molar-refractivity contribution in [3.8, 4) is 5.75 Å². The molecule has 0 spiro atoms. The zero-order valence-corrected chi connectivity index (χ0v) is 14.9. The second-order valence-corrected chi connectivity index (χ2v) is 5.94. The van der Waals surface area contributed by atoms with E-state index in [-0.39, 0.29) is 30.5 Å². The van der Waals surface area contributed by atoms with E-state index in [0.717, 1.165) is 23.3 Å². The number of Topliss-reactive ketones (excluding diaryl/α,β-unsaturated/α-hetero) is 1. The number of ketones is 1. The highest BCUT2D eigenvalue weighted by Gasteiger charge is 2.18. The lowest BCUT2D eigenvalue weighted by molar-refractivity contribution is -0.143. The average molecular weight is 320 g/mol. The van der Waals surface area contributed by atoms with Crippen LogP contribution in [0.25, 0.3) is 0 Å². The third-order valence-electron chi connectivity index (χ3n) is 3.59. The van der Waals surface area contributed by atoms with Crippen molar-refractivity contribution in [2.75, 3.05) is 13.2 Å². The second kappa shape index (κ2) is 9.33. The molecule has 1 rings (SSSR count). The molecule has 4 heteroatoms. The molecule has 128 valence electrons. The van der Waals surface area contributed by atoms with Crippen LogP contribution in [0.1, 0.15) is 74.4 Å². The summed E-state index contributed by atoms with van der Waals surface area (Å²) < 4.78 is 10.6. The summed E-state index contributed by atoms with van der Waals surface area (Å²) in [4.78, 5) is 24.1. The molecule has 1 aromatic rings. The first-order valence-electron chi connectivity index (χ1n) is 8.36. The molecule has 0 saturated carbocycles. The van der Waals surface area contributed by atoms with E-state index < -0.39 is 0 Å². The summed E-state index contributed by atoms with van der Waals surface area (Å²) in [5, 5.41) is 0. The Labute approximate surface area is 139 Å². The number of benzene rings is 1. The van der Waals surface area contributed by atoms with Gasteiger partial charge in [-0.1, -0.05) is 20.8 Å². The van der Waals surface area contributed by atoms with Crippen molar-refractivity contribution in [1.82, 2.24) is 0 Å². The predicted molar refractivity (Wildman–Crippen MR) is 91.3 cm³/mol. The maximum atomic E-state index is 12.5. The third-order valence-corrected chi connectivity index (χ3v) is 3.59. The van der Waals surface area contributed by atoms with Crippen molar-refractivity contribution >= 4 is 11.8 Å². The lowest BCUT2D eigenvalue weighted by Gasteiger charge is -2.16. The zero-order chi connectivity index (χ0) is 17.4. The molecule has 4 nitrogen and oxygen atoms in total. The predicted octanol–water partition coefficient (Wildman–Crippen LogP) is 4.43. The smallest absolute Gasteiger partial charge is 0.306 e. The molecular weight excluding hydrogens is 292 g/mol. The molecule has 0 radical (unpaired) electrons. The highest BCUT2D eigenvalue weighted by atomic mass is 16.5. The van der Waals surface area contributed by atoms with Crippen LogP contribution in [0, 0.1) is 6.92 Å². The molecule has 0 aliphatic heterocycles. The van der Waals surface area contributed by atoms with Crippen molar-refractivity contribution < 1.29 is 19.1 Å². The normalized spacial score (nSPS) is 10.7. The summed E-state index contributed by atoms with van der Waals surface area (Å²) in [5.41, 5.74) is 2.59. The van der Waals surface area contributed by atoms with Gasteiger partial charge in [0.05, 0.1) is 19.6 Å². The fraction of sp³-hybridized carbons (Fsp3) is 0.579. The summed E-state index contributed by atoms with van der Waals surface area (Å²) in [6, 6.07) is 3.83. The SMILES string of the molecule is CCCOC(=O)CCC(=O)c1cc(C)c(OCC)cc1C(C)C. The van der Waals surface area contributed by atoms with Crippen LogP contribution in [0.4, 0.5) is 0 Å². The zero-order valence-electron chi connectivity index (χ0n) is 14.9. The van der Waals surface area contributed by atoms with Gasteiger partial charge < -0.3 is 9.47 Å². The van der Waals surface area contributed by atoms with Crippen LogP contribution >= 0.6 is 0 Å². The lowest BCUT2D eigenvalue weighted by atomic mass is 9.91. The van der Waals surface area contributed by atoms with Gasteiger partial charge in [-0.3, -0.25) is 9.59 Å². The van der Waals surface area contributed by atoms with Gasteiger partial charge in [0.15, 0.2) is 5.78 Å². The number of hydrogen-bond donors (Lipinski definition) is 0. The standard InChI is InChI=1S/C19H28O4/c1-6-10-23-19(21)9-8-17(20)16-11-14(5)18(22-7-2)12-15(16)13(3)4/h11-13H,6-10H2,1-5H3. The Hall–Kier alpha value is -1.84. The van der Waals surface area contributed by atoms with Gasteiger partial charge >= 0.3 is 5.97 Å². The molecule has 0 N–H and O–H groups in total. The monoisotopic (exact) mass is 320 g/mol. The van der Waals surface area contributed by atoms with Gasteiger partial charge in [0, 0.05) is 12.0 Å². The van der Waals surface area contributed by atoms with E-state index in [1.54, 1.807) is 0 Å².